The Morgan fingerprint density at radius 3 is 2.60 bits per heavy atom. The van der Waals surface area contributed by atoms with E-state index in [2.05, 4.69) is 49.5 Å². The van der Waals surface area contributed by atoms with E-state index in [4.69, 9.17) is 10.1 Å². The summed E-state index contributed by atoms with van der Waals surface area (Å²) in [6, 6.07) is 10.4. The van der Waals surface area contributed by atoms with Crippen LogP contribution in [0.1, 0.15) is 40.7 Å². The van der Waals surface area contributed by atoms with Crippen molar-refractivity contribution in [1.82, 2.24) is 24.8 Å². The molecule has 1 aromatic carbocycles. The molecule has 3 aromatic rings. The van der Waals surface area contributed by atoms with Crippen LogP contribution >= 0.6 is 0 Å². The molecule has 6 nitrogen and oxygen atoms in total. The predicted molar refractivity (Wildman–Crippen MR) is 120 cm³/mol. The molecule has 6 heteroatoms. The third kappa shape index (κ3) is 4.28. The summed E-state index contributed by atoms with van der Waals surface area (Å²) in [7, 11) is 0. The van der Waals surface area contributed by atoms with Crippen LogP contribution in [0.15, 0.2) is 36.4 Å². The number of nitrogens with zero attached hydrogens (tertiary/aromatic N) is 4. The van der Waals surface area contributed by atoms with Gasteiger partial charge in [-0.1, -0.05) is 31.2 Å². The highest BCUT2D eigenvalue weighted by atomic mass is 16.2. The number of aryl methyl sites for hydroxylation is 3. The van der Waals surface area contributed by atoms with E-state index in [0.29, 0.717) is 0 Å². The lowest BCUT2D eigenvalue weighted by atomic mass is 10.0. The molecule has 0 aliphatic carbocycles. The first-order valence-electron chi connectivity index (χ1n) is 10.7. The maximum absolute atomic E-state index is 12.3. The number of carbonyl (C=O) groups is 1. The van der Waals surface area contributed by atoms with E-state index in [-0.39, 0.29) is 5.91 Å². The highest BCUT2D eigenvalue weighted by Crippen LogP contribution is 2.21. The van der Waals surface area contributed by atoms with E-state index in [0.717, 1.165) is 67.3 Å². The summed E-state index contributed by atoms with van der Waals surface area (Å²) in [4.78, 5) is 18.9. The minimum atomic E-state index is 0.0799. The highest BCUT2D eigenvalue weighted by molar-refractivity contribution is 5.91. The molecule has 2 aromatic heterocycles. The van der Waals surface area contributed by atoms with Gasteiger partial charge in [0, 0.05) is 55.6 Å². The predicted octanol–water partition coefficient (Wildman–Crippen LogP) is 2.94. The Morgan fingerprint density at radius 2 is 1.90 bits per heavy atom. The van der Waals surface area contributed by atoms with E-state index in [1.54, 1.807) is 6.08 Å². The summed E-state index contributed by atoms with van der Waals surface area (Å²) in [6.07, 6.45) is 5.25. The number of hydrogen-bond acceptors (Lipinski definition) is 4. The summed E-state index contributed by atoms with van der Waals surface area (Å²) in [6.45, 7) is 9.51. The van der Waals surface area contributed by atoms with Crippen molar-refractivity contribution in [3.8, 4) is 0 Å². The van der Waals surface area contributed by atoms with Gasteiger partial charge in [0.1, 0.15) is 0 Å². The van der Waals surface area contributed by atoms with Gasteiger partial charge in [-0.05, 0) is 43.5 Å². The number of rotatable bonds is 5. The van der Waals surface area contributed by atoms with Crippen LogP contribution in [0.2, 0.25) is 0 Å². The molecule has 1 aliphatic heterocycles. The van der Waals surface area contributed by atoms with E-state index >= 15 is 0 Å². The Kier molecular flexibility index (Phi) is 5.95. The van der Waals surface area contributed by atoms with Gasteiger partial charge < -0.3 is 10.2 Å². The molecule has 1 fully saturated rings. The third-order valence-electron chi connectivity index (χ3n) is 5.62. The summed E-state index contributed by atoms with van der Waals surface area (Å²) in [5.74, 6) is 0.0799. The normalized spacial score (nSPS) is 14.7. The van der Waals surface area contributed by atoms with Crippen molar-refractivity contribution in [1.29, 1.82) is 0 Å². The third-order valence-corrected chi connectivity index (χ3v) is 5.62. The van der Waals surface area contributed by atoms with E-state index in [1.165, 1.54) is 11.1 Å². The first-order valence-corrected chi connectivity index (χ1v) is 10.7. The largest absolute Gasteiger partial charge is 0.337 e. The van der Waals surface area contributed by atoms with Crippen LogP contribution in [0.4, 0.5) is 0 Å². The molecular weight excluding hydrogens is 374 g/mol. The smallest absolute Gasteiger partial charge is 0.246 e. The lowest BCUT2D eigenvalue weighted by molar-refractivity contribution is -0.126. The van der Waals surface area contributed by atoms with E-state index in [1.807, 2.05) is 22.4 Å². The maximum atomic E-state index is 12.3. The van der Waals surface area contributed by atoms with Gasteiger partial charge in [-0.25, -0.2) is 9.50 Å². The molecule has 1 aliphatic rings. The van der Waals surface area contributed by atoms with E-state index in [9.17, 15) is 4.79 Å². The van der Waals surface area contributed by atoms with Crippen LogP contribution in [-0.4, -0.2) is 51.6 Å². The van der Waals surface area contributed by atoms with E-state index < -0.39 is 0 Å². The highest BCUT2D eigenvalue weighted by Gasteiger charge is 2.15. The zero-order valence-electron chi connectivity index (χ0n) is 18.0. The first kappa shape index (κ1) is 20.3. The lowest BCUT2D eigenvalue weighted by Gasteiger charge is -2.26. The topological polar surface area (TPSA) is 62.5 Å². The first-order chi connectivity index (χ1) is 14.5. The van der Waals surface area contributed by atoms with Gasteiger partial charge in [0.2, 0.25) is 5.91 Å². The van der Waals surface area contributed by atoms with Crippen LogP contribution in [0.25, 0.3) is 11.7 Å². The molecule has 3 heterocycles. The number of nitrogens with one attached hydrogen (secondary N) is 1. The minimum absolute atomic E-state index is 0.0799. The van der Waals surface area contributed by atoms with Crippen molar-refractivity contribution < 1.29 is 4.79 Å². The zero-order valence-corrected chi connectivity index (χ0v) is 18.0. The molecular formula is C24H29N5O. The number of hydrogen-bond donors (Lipinski definition) is 1. The Bertz CT molecular complexity index is 1080. The number of aromatic nitrogens is 3. The monoisotopic (exact) mass is 403 g/mol. The van der Waals surface area contributed by atoms with Crippen molar-refractivity contribution >= 4 is 17.6 Å². The quantitative estimate of drug-likeness (QED) is 0.666. The number of fused-ring (bicyclic) bond motifs is 1. The van der Waals surface area contributed by atoms with Gasteiger partial charge in [-0.2, -0.15) is 5.10 Å². The van der Waals surface area contributed by atoms with Crippen LogP contribution in [0.3, 0.4) is 0 Å². The molecule has 0 radical (unpaired) electrons. The van der Waals surface area contributed by atoms with Gasteiger partial charge in [-0.15, -0.1) is 0 Å². The summed E-state index contributed by atoms with van der Waals surface area (Å²) >= 11 is 0. The van der Waals surface area contributed by atoms with Crippen molar-refractivity contribution in [3.05, 3.63) is 70.2 Å². The second-order valence-electron chi connectivity index (χ2n) is 7.88. The summed E-state index contributed by atoms with van der Waals surface area (Å²) < 4.78 is 1.96. The molecule has 0 unspecified atom stereocenters. The molecule has 1 N–H and O–H groups in total. The minimum Gasteiger partial charge on any atom is -0.337 e. The van der Waals surface area contributed by atoms with Gasteiger partial charge in [0.25, 0.3) is 0 Å². The van der Waals surface area contributed by atoms with Crippen molar-refractivity contribution in [3.63, 3.8) is 0 Å². The number of amides is 1. The summed E-state index contributed by atoms with van der Waals surface area (Å²) in [5.41, 5.74) is 7.61. The van der Waals surface area contributed by atoms with Crippen LogP contribution in [-0.2, 0) is 17.6 Å². The molecule has 156 valence electrons. The summed E-state index contributed by atoms with van der Waals surface area (Å²) in [5, 5.41) is 8.04. The number of benzene rings is 1. The number of carbonyl (C=O) groups excluding carboxylic acids is 1. The standard InChI is InChI=1S/C24H29N5O/c1-4-22-21(24-26-17(2)15-18(3)29(24)27-22)16-20-7-5-19(6-8-20)9-10-23(30)28-13-11-25-12-14-28/h5-10,15,25H,4,11-14,16H2,1-3H3/b10-9+. The second kappa shape index (κ2) is 8.79. The second-order valence-corrected chi connectivity index (χ2v) is 7.88. The average molecular weight is 404 g/mol. The molecule has 1 saturated heterocycles. The fraction of sp³-hybridized carbons (Fsp3) is 0.375. The molecule has 30 heavy (non-hydrogen) atoms. The van der Waals surface area contributed by atoms with Crippen molar-refractivity contribution in [2.24, 2.45) is 0 Å². The molecule has 1 amide bonds. The zero-order chi connectivity index (χ0) is 21.1. The fourth-order valence-electron chi connectivity index (χ4n) is 3.98. The maximum Gasteiger partial charge on any atom is 0.246 e. The SMILES string of the molecule is CCc1nn2c(C)cc(C)nc2c1Cc1ccc(/C=C/C(=O)N2CCNCC2)cc1. The van der Waals surface area contributed by atoms with Crippen LogP contribution in [0.5, 0.6) is 0 Å². The van der Waals surface area contributed by atoms with Gasteiger partial charge >= 0.3 is 0 Å². The molecule has 0 saturated carbocycles. The lowest BCUT2D eigenvalue weighted by Crippen LogP contribution is -2.45. The van der Waals surface area contributed by atoms with Gasteiger partial charge in [-0.3, -0.25) is 4.79 Å². The van der Waals surface area contributed by atoms with Crippen LogP contribution < -0.4 is 5.32 Å². The molecule has 0 spiro atoms. The fourth-order valence-corrected chi connectivity index (χ4v) is 3.98. The molecule has 0 bridgehead atoms. The van der Waals surface area contributed by atoms with Crippen LogP contribution in [0, 0.1) is 13.8 Å². The Balaban J connectivity index is 1.51. The van der Waals surface area contributed by atoms with Crippen molar-refractivity contribution in [2.45, 2.75) is 33.6 Å². The average Bonchev–Trinajstić information content (AvgIpc) is 3.11. The number of piperazine rings is 1. The van der Waals surface area contributed by atoms with Gasteiger partial charge in [0.05, 0.1) is 5.69 Å². The van der Waals surface area contributed by atoms with Crippen molar-refractivity contribution in [2.75, 3.05) is 26.2 Å². The Morgan fingerprint density at radius 1 is 1.17 bits per heavy atom. The Hall–Kier alpha value is -2.99. The van der Waals surface area contributed by atoms with Gasteiger partial charge in [0.15, 0.2) is 5.65 Å². The molecule has 4 rings (SSSR count). The Labute approximate surface area is 177 Å². The molecule has 0 atom stereocenters.